The van der Waals surface area contributed by atoms with E-state index in [1.807, 2.05) is 6.26 Å². The van der Waals surface area contributed by atoms with Crippen molar-refractivity contribution in [3.63, 3.8) is 0 Å². The van der Waals surface area contributed by atoms with Crippen LogP contribution in [0.1, 0.15) is 0 Å². The van der Waals surface area contributed by atoms with Gasteiger partial charge in [0.05, 0.1) is 0 Å². The molecule has 0 unspecified atom stereocenters. The van der Waals surface area contributed by atoms with Gasteiger partial charge >= 0.3 is 0 Å². The van der Waals surface area contributed by atoms with E-state index in [-0.39, 0.29) is 6.47 Å². The van der Waals surface area contributed by atoms with Gasteiger partial charge in [-0.2, -0.15) is 11.8 Å². The Balaban J connectivity index is 0. The van der Waals surface area contributed by atoms with E-state index in [0.29, 0.717) is 0 Å². The maximum atomic E-state index is 8.36. The summed E-state index contributed by atoms with van der Waals surface area (Å²) >= 11 is 1.78. The van der Waals surface area contributed by atoms with Crippen LogP contribution >= 0.6 is 11.8 Å². The molecule has 0 rings (SSSR count). The zero-order valence-corrected chi connectivity index (χ0v) is 5.65. The van der Waals surface area contributed by atoms with E-state index in [0.717, 1.165) is 12.3 Å². The van der Waals surface area contributed by atoms with E-state index in [4.69, 9.17) is 15.6 Å². The predicted octanol–water partition coefficient (Wildman–Crippen LogP) is 0.00890. The second-order valence-electron chi connectivity index (χ2n) is 0.887. The van der Waals surface area contributed by atoms with Crippen molar-refractivity contribution in [1.82, 2.24) is 0 Å². The molecule has 0 atom stereocenters. The first kappa shape index (κ1) is 10.7. The van der Waals surface area contributed by atoms with Crippen molar-refractivity contribution in [3.05, 3.63) is 0 Å². The molecule has 0 saturated carbocycles. The summed E-state index contributed by atoms with van der Waals surface area (Å²) in [4.78, 5) is 8.36. The quantitative estimate of drug-likeness (QED) is 0.526. The van der Waals surface area contributed by atoms with E-state index < -0.39 is 0 Å². The number of carboxylic acid groups (broad SMARTS) is 1. The molecule has 3 N–H and O–H groups in total. The SMILES string of the molecule is CSCCN.O=CO. The van der Waals surface area contributed by atoms with Crippen LogP contribution in [0.4, 0.5) is 0 Å². The minimum absolute atomic E-state index is 0.250. The average Bonchev–Trinajstić information content (AvgIpc) is 1.71. The number of carbonyl (C=O) groups is 1. The number of nitrogens with two attached hydrogens (primary N) is 1. The molecule has 8 heavy (non-hydrogen) atoms. The van der Waals surface area contributed by atoms with Gasteiger partial charge in [0.1, 0.15) is 0 Å². The summed E-state index contributed by atoms with van der Waals surface area (Å²) in [7, 11) is 0. The molecule has 0 spiro atoms. The fourth-order valence-corrected chi connectivity index (χ4v) is 0.354. The lowest BCUT2D eigenvalue weighted by molar-refractivity contribution is -0.122. The van der Waals surface area contributed by atoms with Gasteiger partial charge in [0.15, 0.2) is 0 Å². The lowest BCUT2D eigenvalue weighted by Gasteiger charge is -1.80. The third-order valence-corrected chi connectivity index (χ3v) is 0.966. The summed E-state index contributed by atoms with van der Waals surface area (Å²) in [5.74, 6) is 1.08. The minimum atomic E-state index is -0.250. The molecular formula is C4H11NO2S. The molecule has 0 amide bonds. The molecule has 0 heterocycles. The van der Waals surface area contributed by atoms with Gasteiger partial charge in [-0.05, 0) is 6.26 Å². The second kappa shape index (κ2) is 15.9. The van der Waals surface area contributed by atoms with Gasteiger partial charge in [0.25, 0.3) is 6.47 Å². The van der Waals surface area contributed by atoms with Crippen molar-refractivity contribution < 1.29 is 9.90 Å². The topological polar surface area (TPSA) is 63.3 Å². The van der Waals surface area contributed by atoms with Gasteiger partial charge in [0, 0.05) is 12.3 Å². The van der Waals surface area contributed by atoms with E-state index in [9.17, 15) is 0 Å². The zero-order valence-electron chi connectivity index (χ0n) is 4.83. The second-order valence-corrected chi connectivity index (χ2v) is 1.87. The van der Waals surface area contributed by atoms with Crippen LogP contribution in [-0.2, 0) is 4.79 Å². The van der Waals surface area contributed by atoms with E-state index in [1.54, 1.807) is 11.8 Å². The summed E-state index contributed by atoms with van der Waals surface area (Å²) in [6.45, 7) is 0.557. The fourth-order valence-electron chi connectivity index (χ4n) is 0.118. The summed E-state index contributed by atoms with van der Waals surface area (Å²) in [6.07, 6.45) is 2.05. The van der Waals surface area contributed by atoms with Gasteiger partial charge < -0.3 is 10.8 Å². The van der Waals surface area contributed by atoms with Crippen molar-refractivity contribution >= 4 is 18.2 Å². The van der Waals surface area contributed by atoms with E-state index in [1.165, 1.54) is 0 Å². The number of hydrogen-bond donors (Lipinski definition) is 2. The van der Waals surface area contributed by atoms with Crippen LogP contribution in [0.3, 0.4) is 0 Å². The molecule has 0 fully saturated rings. The van der Waals surface area contributed by atoms with Crippen molar-refractivity contribution in [2.75, 3.05) is 18.6 Å². The van der Waals surface area contributed by atoms with Crippen molar-refractivity contribution in [1.29, 1.82) is 0 Å². The first-order valence-electron chi connectivity index (χ1n) is 2.10. The van der Waals surface area contributed by atoms with Crippen molar-refractivity contribution in [2.24, 2.45) is 5.73 Å². The third-order valence-electron chi connectivity index (χ3n) is 0.322. The number of thioether (sulfide) groups is 1. The summed E-state index contributed by atoms with van der Waals surface area (Å²) < 4.78 is 0. The zero-order chi connectivity index (χ0) is 6.83. The highest BCUT2D eigenvalue weighted by Crippen LogP contribution is 1.83. The smallest absolute Gasteiger partial charge is 0.290 e. The van der Waals surface area contributed by atoms with Crippen LogP contribution in [0.15, 0.2) is 0 Å². The van der Waals surface area contributed by atoms with Gasteiger partial charge in [-0.1, -0.05) is 0 Å². The first-order chi connectivity index (χ1) is 3.83. The molecule has 0 aliphatic rings. The van der Waals surface area contributed by atoms with Gasteiger partial charge in [-0.15, -0.1) is 0 Å². The Kier molecular flexibility index (Phi) is 21.2. The Bertz CT molecular complexity index is 41.0. The van der Waals surface area contributed by atoms with E-state index >= 15 is 0 Å². The molecule has 0 aliphatic carbocycles. The van der Waals surface area contributed by atoms with Crippen LogP contribution in [0.5, 0.6) is 0 Å². The highest BCUT2D eigenvalue weighted by atomic mass is 32.2. The average molecular weight is 137 g/mol. The summed E-state index contributed by atoms with van der Waals surface area (Å²) in [5.41, 5.74) is 5.12. The predicted molar refractivity (Wildman–Crippen MR) is 36.1 cm³/mol. The largest absolute Gasteiger partial charge is 0.483 e. The Morgan fingerprint density at radius 1 is 1.88 bits per heavy atom. The van der Waals surface area contributed by atoms with Gasteiger partial charge in [-0.25, -0.2) is 0 Å². The van der Waals surface area contributed by atoms with Crippen LogP contribution in [-0.4, -0.2) is 30.1 Å². The minimum Gasteiger partial charge on any atom is -0.483 e. The lowest BCUT2D eigenvalue weighted by Crippen LogP contribution is -1.99. The Morgan fingerprint density at radius 3 is 2.25 bits per heavy atom. The maximum absolute atomic E-state index is 8.36. The molecule has 0 radical (unpaired) electrons. The van der Waals surface area contributed by atoms with E-state index in [2.05, 4.69) is 0 Å². The van der Waals surface area contributed by atoms with Gasteiger partial charge in [0.2, 0.25) is 0 Å². The number of rotatable bonds is 2. The molecular weight excluding hydrogens is 126 g/mol. The van der Waals surface area contributed by atoms with Crippen LogP contribution in [0, 0.1) is 0 Å². The molecule has 3 nitrogen and oxygen atoms in total. The normalized spacial score (nSPS) is 6.75. The van der Waals surface area contributed by atoms with Crippen LogP contribution < -0.4 is 5.73 Å². The Hall–Kier alpha value is -0.220. The van der Waals surface area contributed by atoms with Crippen molar-refractivity contribution in [3.8, 4) is 0 Å². The molecule has 50 valence electrons. The lowest BCUT2D eigenvalue weighted by atomic mass is 10.8. The highest BCUT2D eigenvalue weighted by Gasteiger charge is 1.67. The third kappa shape index (κ3) is 41.7. The summed E-state index contributed by atoms with van der Waals surface area (Å²) in [6, 6.07) is 0. The molecule has 4 heteroatoms. The molecule has 0 bridgehead atoms. The van der Waals surface area contributed by atoms with Crippen LogP contribution in [0.2, 0.25) is 0 Å². The first-order valence-corrected chi connectivity index (χ1v) is 3.49. The molecule has 0 aromatic heterocycles. The molecule has 0 saturated heterocycles. The maximum Gasteiger partial charge on any atom is 0.290 e. The number of hydrogen-bond acceptors (Lipinski definition) is 3. The van der Waals surface area contributed by atoms with Crippen molar-refractivity contribution in [2.45, 2.75) is 0 Å². The standard InChI is InChI=1S/C3H9NS.CH2O2/c1-5-3-2-4;2-1-3/h2-4H2,1H3;1H,(H,2,3). The van der Waals surface area contributed by atoms with Crippen LogP contribution in [0.25, 0.3) is 0 Å². The molecule has 0 aromatic rings. The Labute approximate surface area is 53.3 Å². The molecule has 0 aromatic carbocycles. The Morgan fingerprint density at radius 2 is 2.25 bits per heavy atom. The fraction of sp³-hybridized carbons (Fsp3) is 0.750. The molecule has 0 aliphatic heterocycles. The summed E-state index contributed by atoms with van der Waals surface area (Å²) in [5, 5.41) is 6.89. The highest BCUT2D eigenvalue weighted by molar-refractivity contribution is 7.98. The monoisotopic (exact) mass is 137 g/mol. The van der Waals surface area contributed by atoms with Gasteiger partial charge in [-0.3, -0.25) is 4.79 Å².